The van der Waals surface area contributed by atoms with E-state index in [9.17, 15) is 0 Å². The van der Waals surface area contributed by atoms with Crippen molar-refractivity contribution in [1.29, 1.82) is 0 Å². The molecule has 1 aromatic heterocycles. The number of fused-ring (bicyclic) bond motifs is 1. The lowest BCUT2D eigenvalue weighted by Crippen LogP contribution is -2.20. The molecule has 0 amide bonds. The Balaban J connectivity index is 1.85. The van der Waals surface area contributed by atoms with Crippen molar-refractivity contribution in [3.63, 3.8) is 0 Å². The van der Waals surface area contributed by atoms with Crippen LogP contribution < -0.4 is 5.73 Å². The SMILES string of the molecule is NCCCc1cccc2ccn(CC3CCOCC3)c12. The van der Waals surface area contributed by atoms with Crippen LogP contribution in [0.5, 0.6) is 0 Å². The number of rotatable bonds is 5. The van der Waals surface area contributed by atoms with Crippen molar-refractivity contribution < 1.29 is 4.74 Å². The van der Waals surface area contributed by atoms with Crippen molar-refractivity contribution in [2.24, 2.45) is 11.7 Å². The van der Waals surface area contributed by atoms with E-state index in [1.165, 1.54) is 29.3 Å². The fourth-order valence-corrected chi connectivity index (χ4v) is 3.19. The van der Waals surface area contributed by atoms with Crippen LogP contribution in [0.15, 0.2) is 30.5 Å². The van der Waals surface area contributed by atoms with Crippen molar-refractivity contribution in [2.75, 3.05) is 19.8 Å². The molecule has 1 aromatic carbocycles. The number of benzene rings is 1. The molecule has 2 N–H and O–H groups in total. The van der Waals surface area contributed by atoms with Crippen molar-refractivity contribution in [3.05, 3.63) is 36.0 Å². The molecule has 1 aliphatic rings. The summed E-state index contributed by atoms with van der Waals surface area (Å²) in [5, 5.41) is 1.35. The van der Waals surface area contributed by atoms with Crippen LogP contribution in [0.2, 0.25) is 0 Å². The van der Waals surface area contributed by atoms with Gasteiger partial charge in [-0.05, 0) is 55.2 Å². The molecule has 0 spiro atoms. The molecule has 1 saturated heterocycles. The summed E-state index contributed by atoms with van der Waals surface area (Å²) in [5.41, 5.74) is 8.51. The lowest BCUT2D eigenvalue weighted by molar-refractivity contribution is 0.0616. The predicted molar refractivity (Wildman–Crippen MR) is 82.9 cm³/mol. The van der Waals surface area contributed by atoms with Gasteiger partial charge in [0.2, 0.25) is 0 Å². The van der Waals surface area contributed by atoms with Gasteiger partial charge in [-0.3, -0.25) is 0 Å². The fraction of sp³-hybridized carbons (Fsp3) is 0.529. The van der Waals surface area contributed by atoms with E-state index in [1.54, 1.807) is 0 Å². The van der Waals surface area contributed by atoms with Gasteiger partial charge in [0.15, 0.2) is 0 Å². The minimum atomic E-state index is 0.752. The van der Waals surface area contributed by atoms with Gasteiger partial charge >= 0.3 is 0 Å². The van der Waals surface area contributed by atoms with Crippen LogP contribution in [0.4, 0.5) is 0 Å². The van der Waals surface area contributed by atoms with Crippen LogP contribution in [0.1, 0.15) is 24.8 Å². The summed E-state index contributed by atoms with van der Waals surface area (Å²) in [6, 6.07) is 8.85. The Morgan fingerprint density at radius 2 is 2.05 bits per heavy atom. The Labute approximate surface area is 120 Å². The summed E-state index contributed by atoms with van der Waals surface area (Å²) in [6.07, 6.45) is 6.74. The van der Waals surface area contributed by atoms with Crippen LogP contribution in [-0.2, 0) is 17.7 Å². The molecule has 0 unspecified atom stereocenters. The summed E-state index contributed by atoms with van der Waals surface area (Å²) >= 11 is 0. The second-order valence-electron chi connectivity index (χ2n) is 5.77. The number of ether oxygens (including phenoxy) is 1. The van der Waals surface area contributed by atoms with Crippen molar-refractivity contribution in [1.82, 2.24) is 4.57 Å². The Morgan fingerprint density at radius 3 is 2.85 bits per heavy atom. The molecule has 2 aromatic rings. The van der Waals surface area contributed by atoms with E-state index in [0.29, 0.717) is 0 Å². The van der Waals surface area contributed by atoms with Gasteiger partial charge in [-0.15, -0.1) is 0 Å². The maximum absolute atomic E-state index is 5.66. The Kier molecular flexibility index (Phi) is 4.38. The molecule has 0 aliphatic carbocycles. The number of aryl methyl sites for hydroxylation is 1. The molecular formula is C17H24N2O. The molecule has 0 bridgehead atoms. The van der Waals surface area contributed by atoms with E-state index < -0.39 is 0 Å². The molecule has 2 heterocycles. The summed E-state index contributed by atoms with van der Waals surface area (Å²) in [6.45, 7) is 3.72. The number of aromatic nitrogens is 1. The molecule has 1 fully saturated rings. The normalized spacial score (nSPS) is 16.9. The van der Waals surface area contributed by atoms with Crippen molar-refractivity contribution in [3.8, 4) is 0 Å². The van der Waals surface area contributed by atoms with Gasteiger partial charge < -0.3 is 15.0 Å². The highest BCUT2D eigenvalue weighted by Gasteiger charge is 2.16. The third-order valence-electron chi connectivity index (χ3n) is 4.32. The fourth-order valence-electron chi connectivity index (χ4n) is 3.19. The maximum atomic E-state index is 5.66. The number of nitrogens with zero attached hydrogens (tertiary/aromatic N) is 1. The highest BCUT2D eigenvalue weighted by Crippen LogP contribution is 2.25. The van der Waals surface area contributed by atoms with E-state index in [1.807, 2.05) is 0 Å². The van der Waals surface area contributed by atoms with Gasteiger partial charge in [0, 0.05) is 26.0 Å². The monoisotopic (exact) mass is 272 g/mol. The number of nitrogens with two attached hydrogens (primary N) is 1. The number of hydrogen-bond donors (Lipinski definition) is 1. The molecule has 0 saturated carbocycles. The third kappa shape index (κ3) is 2.89. The second kappa shape index (κ2) is 6.42. The first-order valence-electron chi connectivity index (χ1n) is 7.73. The predicted octanol–water partition coefficient (Wildman–Crippen LogP) is 2.96. The first-order valence-corrected chi connectivity index (χ1v) is 7.73. The average molecular weight is 272 g/mol. The van der Waals surface area contributed by atoms with Crippen LogP contribution >= 0.6 is 0 Å². The first kappa shape index (κ1) is 13.7. The molecule has 0 radical (unpaired) electrons. The minimum absolute atomic E-state index is 0.752. The van der Waals surface area contributed by atoms with Gasteiger partial charge in [0.1, 0.15) is 0 Å². The van der Waals surface area contributed by atoms with Gasteiger partial charge in [-0.1, -0.05) is 18.2 Å². The van der Waals surface area contributed by atoms with Crippen LogP contribution in [-0.4, -0.2) is 24.3 Å². The molecule has 0 atom stereocenters. The zero-order chi connectivity index (χ0) is 13.8. The van der Waals surface area contributed by atoms with Crippen LogP contribution in [0, 0.1) is 5.92 Å². The minimum Gasteiger partial charge on any atom is -0.381 e. The quantitative estimate of drug-likeness (QED) is 0.909. The van der Waals surface area contributed by atoms with E-state index in [4.69, 9.17) is 10.5 Å². The summed E-state index contributed by atoms with van der Waals surface area (Å²) < 4.78 is 7.90. The highest BCUT2D eigenvalue weighted by atomic mass is 16.5. The molecule has 3 heteroatoms. The lowest BCUT2D eigenvalue weighted by atomic mass is 10.00. The van der Waals surface area contributed by atoms with E-state index in [-0.39, 0.29) is 0 Å². The lowest BCUT2D eigenvalue weighted by Gasteiger charge is -2.23. The standard InChI is InChI=1S/C17H24N2O/c18-9-2-5-15-3-1-4-16-6-10-19(17(15)16)13-14-7-11-20-12-8-14/h1,3-4,6,10,14H,2,5,7-9,11-13,18H2. The molecule has 3 nitrogen and oxygen atoms in total. The zero-order valence-corrected chi connectivity index (χ0v) is 12.1. The molecule has 3 rings (SSSR count). The summed E-state index contributed by atoms with van der Waals surface area (Å²) in [7, 11) is 0. The van der Waals surface area contributed by atoms with Gasteiger partial charge in [-0.25, -0.2) is 0 Å². The smallest absolute Gasteiger partial charge is 0.0512 e. The number of para-hydroxylation sites is 1. The zero-order valence-electron chi connectivity index (χ0n) is 12.1. The summed E-state index contributed by atoms with van der Waals surface area (Å²) in [5.74, 6) is 0.752. The number of hydrogen-bond acceptors (Lipinski definition) is 2. The van der Waals surface area contributed by atoms with Crippen LogP contribution in [0.25, 0.3) is 10.9 Å². The van der Waals surface area contributed by atoms with Gasteiger partial charge in [-0.2, -0.15) is 0 Å². The first-order chi connectivity index (χ1) is 9.88. The van der Waals surface area contributed by atoms with Crippen LogP contribution in [0.3, 0.4) is 0 Å². The topological polar surface area (TPSA) is 40.2 Å². The van der Waals surface area contributed by atoms with E-state index >= 15 is 0 Å². The Morgan fingerprint density at radius 1 is 1.20 bits per heavy atom. The van der Waals surface area contributed by atoms with Crippen molar-refractivity contribution in [2.45, 2.75) is 32.2 Å². The summed E-state index contributed by atoms with van der Waals surface area (Å²) in [4.78, 5) is 0. The maximum Gasteiger partial charge on any atom is 0.0512 e. The Hall–Kier alpha value is -1.32. The largest absolute Gasteiger partial charge is 0.381 e. The second-order valence-corrected chi connectivity index (χ2v) is 5.77. The van der Waals surface area contributed by atoms with E-state index in [2.05, 4.69) is 35.0 Å². The molecule has 20 heavy (non-hydrogen) atoms. The average Bonchev–Trinajstić information content (AvgIpc) is 2.90. The van der Waals surface area contributed by atoms with Gasteiger partial charge in [0.25, 0.3) is 0 Å². The van der Waals surface area contributed by atoms with E-state index in [0.717, 1.165) is 45.1 Å². The third-order valence-corrected chi connectivity index (χ3v) is 4.32. The van der Waals surface area contributed by atoms with Crippen molar-refractivity contribution >= 4 is 10.9 Å². The molecule has 1 aliphatic heterocycles. The van der Waals surface area contributed by atoms with Gasteiger partial charge in [0.05, 0.1) is 5.52 Å². The molecular weight excluding hydrogens is 248 g/mol. The molecule has 108 valence electrons. The Bertz CT molecular complexity index is 555. The highest BCUT2D eigenvalue weighted by molar-refractivity contribution is 5.83.